The average Bonchev–Trinajstić information content (AvgIpc) is 2.14. The highest BCUT2D eigenvalue weighted by atomic mass is 31.0. The van der Waals surface area contributed by atoms with E-state index in [2.05, 4.69) is 11.7 Å². The Balaban J connectivity index is 3.04. The number of terminal acetylenes is 1. The standard InChI is InChI=1S/C6H5P/c1-2-6-4-3-5-7-6/h1,3-5,7H. The van der Waals surface area contributed by atoms with Crippen LogP contribution in [-0.2, 0) is 0 Å². The first-order valence-electron chi connectivity index (χ1n) is 2.03. The Morgan fingerprint density at radius 1 is 1.71 bits per heavy atom. The van der Waals surface area contributed by atoms with Crippen LogP contribution in [0.5, 0.6) is 0 Å². The minimum atomic E-state index is 0.744. The second-order valence-corrected chi connectivity index (χ2v) is 2.39. The van der Waals surface area contributed by atoms with Crippen LogP contribution in [0.1, 0.15) is 5.30 Å². The molecular formula is C6H5P. The van der Waals surface area contributed by atoms with Gasteiger partial charge >= 0.3 is 0 Å². The highest BCUT2D eigenvalue weighted by molar-refractivity contribution is 7.30. The summed E-state index contributed by atoms with van der Waals surface area (Å²) in [7, 11) is 0.744. The van der Waals surface area contributed by atoms with E-state index in [9.17, 15) is 0 Å². The zero-order chi connectivity index (χ0) is 5.11. The molecule has 0 spiro atoms. The van der Waals surface area contributed by atoms with Crippen molar-refractivity contribution in [1.82, 2.24) is 0 Å². The number of hydrogen-bond acceptors (Lipinski definition) is 0. The minimum absolute atomic E-state index is 0.744. The van der Waals surface area contributed by atoms with Crippen molar-refractivity contribution in [3.05, 3.63) is 23.2 Å². The molecule has 1 aromatic heterocycles. The third-order valence-electron chi connectivity index (χ3n) is 0.753. The van der Waals surface area contributed by atoms with Crippen LogP contribution >= 0.6 is 8.19 Å². The molecule has 1 heterocycles. The third kappa shape index (κ3) is 0.856. The highest BCUT2D eigenvalue weighted by Gasteiger charge is 1.77. The maximum atomic E-state index is 5.08. The molecule has 1 rings (SSSR count). The molecule has 0 bridgehead atoms. The lowest BCUT2D eigenvalue weighted by Crippen LogP contribution is -1.48. The van der Waals surface area contributed by atoms with Gasteiger partial charge in [0.05, 0.1) is 0 Å². The molecule has 0 N–H and O–H groups in total. The van der Waals surface area contributed by atoms with Crippen molar-refractivity contribution >= 4 is 8.19 Å². The molecule has 0 saturated heterocycles. The van der Waals surface area contributed by atoms with E-state index in [1.165, 1.54) is 0 Å². The number of hydrogen-bond donors (Lipinski definition) is 0. The second kappa shape index (κ2) is 1.87. The predicted molar refractivity (Wildman–Crippen MR) is 33.9 cm³/mol. The number of rotatable bonds is 0. The summed E-state index contributed by atoms with van der Waals surface area (Å²) >= 11 is 0. The fourth-order valence-electron chi connectivity index (χ4n) is 0.420. The molecule has 34 valence electrons. The molecule has 7 heavy (non-hydrogen) atoms. The molecule has 0 amide bonds. The van der Waals surface area contributed by atoms with E-state index in [-0.39, 0.29) is 0 Å². The van der Waals surface area contributed by atoms with E-state index in [1.54, 1.807) is 0 Å². The molecule has 1 aromatic rings. The van der Waals surface area contributed by atoms with E-state index in [0.29, 0.717) is 0 Å². The molecular weight excluding hydrogens is 103 g/mol. The molecule has 0 aliphatic rings. The van der Waals surface area contributed by atoms with Crippen molar-refractivity contribution in [3.63, 3.8) is 0 Å². The summed E-state index contributed by atoms with van der Waals surface area (Å²) < 4.78 is 0. The Morgan fingerprint density at radius 2 is 2.57 bits per heavy atom. The van der Waals surface area contributed by atoms with Gasteiger partial charge in [0.1, 0.15) is 0 Å². The monoisotopic (exact) mass is 108 g/mol. The van der Waals surface area contributed by atoms with Crippen LogP contribution < -0.4 is 0 Å². The summed E-state index contributed by atoms with van der Waals surface area (Å²) in [5, 5.41) is 1.11. The van der Waals surface area contributed by atoms with Crippen molar-refractivity contribution in [2.24, 2.45) is 0 Å². The Morgan fingerprint density at radius 3 is 2.86 bits per heavy atom. The van der Waals surface area contributed by atoms with Crippen LogP contribution in [0.25, 0.3) is 0 Å². The zero-order valence-corrected chi connectivity index (χ0v) is 4.81. The zero-order valence-electron chi connectivity index (χ0n) is 3.81. The van der Waals surface area contributed by atoms with Crippen molar-refractivity contribution in [2.75, 3.05) is 0 Å². The van der Waals surface area contributed by atoms with Crippen molar-refractivity contribution in [1.29, 1.82) is 0 Å². The SMILES string of the molecule is C#Cc1ccc[pH]1. The lowest BCUT2D eigenvalue weighted by molar-refractivity contribution is 1.95. The maximum Gasteiger partial charge on any atom is 0.0404 e. The van der Waals surface area contributed by atoms with Crippen LogP contribution in [-0.4, -0.2) is 0 Å². The van der Waals surface area contributed by atoms with Gasteiger partial charge in [0.2, 0.25) is 0 Å². The van der Waals surface area contributed by atoms with Gasteiger partial charge in [-0.15, -0.1) is 14.6 Å². The van der Waals surface area contributed by atoms with Crippen LogP contribution in [0.4, 0.5) is 0 Å². The summed E-state index contributed by atoms with van der Waals surface area (Å²) in [6.45, 7) is 0. The van der Waals surface area contributed by atoms with E-state index < -0.39 is 0 Å². The molecule has 0 saturated carbocycles. The van der Waals surface area contributed by atoms with E-state index >= 15 is 0 Å². The van der Waals surface area contributed by atoms with Gasteiger partial charge in [0.25, 0.3) is 0 Å². The average molecular weight is 108 g/mol. The van der Waals surface area contributed by atoms with Crippen molar-refractivity contribution in [3.8, 4) is 12.3 Å². The van der Waals surface area contributed by atoms with Gasteiger partial charge in [0.15, 0.2) is 0 Å². The molecule has 0 nitrogen and oxygen atoms in total. The second-order valence-electron chi connectivity index (χ2n) is 1.23. The van der Waals surface area contributed by atoms with Crippen LogP contribution in [0.15, 0.2) is 17.9 Å². The van der Waals surface area contributed by atoms with Crippen LogP contribution in [0.3, 0.4) is 0 Å². The first kappa shape index (κ1) is 4.50. The molecule has 1 atom stereocenters. The van der Waals surface area contributed by atoms with Crippen molar-refractivity contribution < 1.29 is 0 Å². The smallest absolute Gasteiger partial charge is 0.0404 e. The van der Waals surface area contributed by atoms with Gasteiger partial charge in [-0.05, 0) is 11.9 Å². The van der Waals surface area contributed by atoms with Gasteiger partial charge in [-0.1, -0.05) is 12.0 Å². The highest BCUT2D eigenvalue weighted by Crippen LogP contribution is 2.11. The largest absolute Gasteiger partial charge is 0.123 e. The van der Waals surface area contributed by atoms with Gasteiger partial charge < -0.3 is 0 Å². The molecule has 0 aromatic carbocycles. The molecule has 0 aliphatic carbocycles. The van der Waals surface area contributed by atoms with Gasteiger partial charge in [0, 0.05) is 5.30 Å². The van der Waals surface area contributed by atoms with E-state index in [0.717, 1.165) is 13.5 Å². The molecule has 1 unspecified atom stereocenters. The first-order valence-corrected chi connectivity index (χ1v) is 3.11. The lowest BCUT2D eigenvalue weighted by Gasteiger charge is -1.68. The Labute approximate surface area is 44.6 Å². The van der Waals surface area contributed by atoms with Gasteiger partial charge in [-0.25, -0.2) is 0 Å². The Bertz CT molecular complexity index is 167. The summed E-state index contributed by atoms with van der Waals surface area (Å²) in [5.74, 6) is 4.65. The summed E-state index contributed by atoms with van der Waals surface area (Å²) in [6.07, 6.45) is 5.08. The van der Waals surface area contributed by atoms with E-state index in [4.69, 9.17) is 6.42 Å². The van der Waals surface area contributed by atoms with Gasteiger partial charge in [-0.3, -0.25) is 0 Å². The lowest BCUT2D eigenvalue weighted by atomic mass is 10.5. The van der Waals surface area contributed by atoms with Crippen molar-refractivity contribution in [2.45, 2.75) is 0 Å². The summed E-state index contributed by atoms with van der Waals surface area (Å²) in [5.41, 5.74) is 0. The summed E-state index contributed by atoms with van der Waals surface area (Å²) in [6, 6.07) is 3.96. The third-order valence-corrected chi connectivity index (χ3v) is 1.73. The fourth-order valence-corrected chi connectivity index (χ4v) is 1.07. The Kier molecular flexibility index (Phi) is 1.20. The van der Waals surface area contributed by atoms with Crippen LogP contribution in [0, 0.1) is 12.3 Å². The fraction of sp³-hybridized carbons (Fsp3) is 0. The predicted octanol–water partition coefficient (Wildman–Crippen LogP) is 1.70. The molecule has 0 aliphatic heterocycles. The summed E-state index contributed by atoms with van der Waals surface area (Å²) in [4.78, 5) is 0. The molecule has 0 radical (unpaired) electrons. The van der Waals surface area contributed by atoms with E-state index in [1.807, 2.05) is 12.1 Å². The Hall–Kier alpha value is -0.660. The first-order chi connectivity index (χ1) is 3.43. The van der Waals surface area contributed by atoms with Gasteiger partial charge in [-0.2, -0.15) is 0 Å². The van der Waals surface area contributed by atoms with Crippen LogP contribution in [0.2, 0.25) is 0 Å². The molecule has 0 fully saturated rings. The maximum absolute atomic E-state index is 5.08. The normalized spacial score (nSPS) is 9.00. The minimum Gasteiger partial charge on any atom is -0.123 e. The topological polar surface area (TPSA) is 0 Å². The quantitative estimate of drug-likeness (QED) is 0.444. The molecule has 1 heteroatoms.